The van der Waals surface area contributed by atoms with Gasteiger partial charge in [0.05, 0.1) is 18.8 Å². The maximum atomic E-state index is 12.5. The number of carbonyl (C=O) groups excluding carboxylic acids is 1. The largest absolute Gasteiger partial charge is 0.394 e. The Morgan fingerprint density at radius 2 is 0.500 bits per heavy atom. The minimum Gasteiger partial charge on any atom is -0.394 e. The highest BCUT2D eigenvalue weighted by Gasteiger charge is 2.18. The molecule has 74 heavy (non-hydrogen) atoms. The molecule has 4 heteroatoms. The zero-order chi connectivity index (χ0) is 53.4. The summed E-state index contributed by atoms with van der Waals surface area (Å²) in [7, 11) is 0. The van der Waals surface area contributed by atoms with Crippen LogP contribution in [0.5, 0.6) is 0 Å². The highest BCUT2D eigenvalue weighted by Crippen LogP contribution is 2.20. The molecule has 0 rings (SSSR count). The van der Waals surface area contributed by atoms with Crippen LogP contribution in [0.2, 0.25) is 0 Å². The molecule has 0 heterocycles. The van der Waals surface area contributed by atoms with Gasteiger partial charge in [0.25, 0.3) is 0 Å². The molecule has 4 nitrogen and oxygen atoms in total. The van der Waals surface area contributed by atoms with Gasteiger partial charge in [0.2, 0.25) is 5.91 Å². The van der Waals surface area contributed by atoms with Gasteiger partial charge in [-0.3, -0.25) is 4.79 Å². The molecule has 0 radical (unpaired) electrons. The van der Waals surface area contributed by atoms with Gasteiger partial charge in [-0.2, -0.15) is 0 Å². The highest BCUT2D eigenvalue weighted by atomic mass is 16.3. The van der Waals surface area contributed by atoms with Crippen molar-refractivity contribution >= 4 is 5.91 Å². The van der Waals surface area contributed by atoms with E-state index >= 15 is 0 Å². The van der Waals surface area contributed by atoms with Gasteiger partial charge in [0.1, 0.15) is 0 Å². The fourth-order valence-electron chi connectivity index (χ4n) is 11.5. The number of rotatable bonds is 66. The molecule has 0 aromatic heterocycles. The Morgan fingerprint density at radius 1 is 0.311 bits per heavy atom. The standard InChI is InChI=1S/C70H139NO3/c1-3-5-7-9-11-13-15-17-19-21-23-25-27-29-31-33-35-36-38-40-42-44-46-48-50-52-54-56-58-60-62-64-66-70(74)71-68(67-72)69(73)65-63-61-59-57-55-53-51-49-47-45-43-41-39-37-34-32-30-28-26-24-22-20-18-16-14-12-10-8-6-4-2/h63,65,68-69,72-73H,3-62,64,66-67H2,1-2H3,(H,71,74)/b65-63+. The molecule has 0 aliphatic rings. The van der Waals surface area contributed by atoms with E-state index in [2.05, 4.69) is 19.2 Å². The summed E-state index contributed by atoms with van der Waals surface area (Å²) < 4.78 is 0. The molecule has 0 aromatic carbocycles. The second-order valence-corrected chi connectivity index (χ2v) is 24.3. The SMILES string of the molecule is CCCCCCCCCCCCCCCCCCCCCCCCCCCCCC/C=C/C(O)C(CO)NC(=O)CCCCCCCCCCCCCCCCCCCCCCCCCCCCCCCCCC. The summed E-state index contributed by atoms with van der Waals surface area (Å²) in [5.41, 5.74) is 0. The van der Waals surface area contributed by atoms with Crippen LogP contribution in [0.25, 0.3) is 0 Å². The van der Waals surface area contributed by atoms with Gasteiger partial charge in [0, 0.05) is 6.42 Å². The lowest BCUT2D eigenvalue weighted by Crippen LogP contribution is -2.45. The molecule has 0 aromatic rings. The van der Waals surface area contributed by atoms with E-state index in [1.807, 2.05) is 6.08 Å². The van der Waals surface area contributed by atoms with E-state index in [4.69, 9.17) is 0 Å². The Bertz CT molecular complexity index is 1040. The van der Waals surface area contributed by atoms with Crippen molar-refractivity contribution in [3.8, 4) is 0 Å². The molecule has 0 aliphatic carbocycles. The summed E-state index contributed by atoms with van der Waals surface area (Å²) in [5, 5.41) is 23.3. The molecule has 2 atom stereocenters. The third-order valence-corrected chi connectivity index (χ3v) is 16.8. The van der Waals surface area contributed by atoms with Crippen molar-refractivity contribution in [2.45, 2.75) is 424 Å². The Labute approximate surface area is 467 Å². The summed E-state index contributed by atoms with van der Waals surface area (Å²) in [6.07, 6.45) is 88.8. The second-order valence-electron chi connectivity index (χ2n) is 24.3. The molecular weight excluding hydrogens is 903 g/mol. The summed E-state index contributed by atoms with van der Waals surface area (Å²) in [4.78, 5) is 12.5. The zero-order valence-corrected chi connectivity index (χ0v) is 51.2. The first-order valence-electron chi connectivity index (χ1n) is 34.9. The van der Waals surface area contributed by atoms with E-state index in [-0.39, 0.29) is 12.5 Å². The molecule has 3 N–H and O–H groups in total. The van der Waals surface area contributed by atoms with Crippen LogP contribution in [0.15, 0.2) is 12.2 Å². The summed E-state index contributed by atoms with van der Waals surface area (Å²) >= 11 is 0. The minimum atomic E-state index is -0.837. The summed E-state index contributed by atoms with van der Waals surface area (Å²) in [6, 6.07) is -0.620. The van der Waals surface area contributed by atoms with Crippen LogP contribution in [0.4, 0.5) is 0 Å². The monoisotopic (exact) mass is 1040 g/mol. The van der Waals surface area contributed by atoms with Gasteiger partial charge in [-0.25, -0.2) is 0 Å². The van der Waals surface area contributed by atoms with Crippen LogP contribution < -0.4 is 5.32 Å². The van der Waals surface area contributed by atoms with Crippen LogP contribution in [-0.4, -0.2) is 34.9 Å². The molecule has 2 unspecified atom stereocenters. The van der Waals surface area contributed by atoms with E-state index in [0.717, 1.165) is 25.7 Å². The average molecular weight is 1040 g/mol. The van der Waals surface area contributed by atoms with Crippen LogP contribution in [0.1, 0.15) is 412 Å². The predicted octanol–water partition coefficient (Wildman–Crippen LogP) is 23.6. The number of aliphatic hydroxyl groups is 2. The number of carbonyl (C=O) groups is 1. The molecular formula is C70H139NO3. The lowest BCUT2D eigenvalue weighted by molar-refractivity contribution is -0.123. The first-order valence-corrected chi connectivity index (χ1v) is 34.9. The molecule has 0 bridgehead atoms. The van der Waals surface area contributed by atoms with Crippen LogP contribution in [0, 0.1) is 0 Å². The van der Waals surface area contributed by atoms with Crippen molar-refractivity contribution in [2.75, 3.05) is 6.61 Å². The van der Waals surface area contributed by atoms with Crippen molar-refractivity contribution in [1.82, 2.24) is 5.32 Å². The molecule has 442 valence electrons. The van der Waals surface area contributed by atoms with E-state index < -0.39 is 12.1 Å². The number of aliphatic hydroxyl groups excluding tert-OH is 2. The number of allylic oxidation sites excluding steroid dienone is 1. The van der Waals surface area contributed by atoms with E-state index in [9.17, 15) is 15.0 Å². The van der Waals surface area contributed by atoms with Crippen LogP contribution >= 0.6 is 0 Å². The van der Waals surface area contributed by atoms with E-state index in [1.165, 1.54) is 366 Å². The lowest BCUT2D eigenvalue weighted by Gasteiger charge is -2.20. The maximum absolute atomic E-state index is 12.5. The number of nitrogens with one attached hydrogen (secondary N) is 1. The van der Waals surface area contributed by atoms with Crippen molar-refractivity contribution < 1.29 is 15.0 Å². The Morgan fingerprint density at radius 3 is 0.703 bits per heavy atom. The van der Waals surface area contributed by atoms with Gasteiger partial charge in [-0.05, 0) is 19.3 Å². The first-order chi connectivity index (χ1) is 36.7. The number of unbranched alkanes of at least 4 members (excludes halogenated alkanes) is 59. The molecule has 0 saturated heterocycles. The number of hydrogen-bond acceptors (Lipinski definition) is 3. The molecule has 1 amide bonds. The van der Waals surface area contributed by atoms with Gasteiger partial charge in [0.15, 0.2) is 0 Å². The highest BCUT2D eigenvalue weighted by molar-refractivity contribution is 5.76. The Kier molecular flexibility index (Phi) is 65.6. The summed E-state index contributed by atoms with van der Waals surface area (Å²) in [6.45, 7) is 4.37. The van der Waals surface area contributed by atoms with Gasteiger partial charge < -0.3 is 15.5 Å². The van der Waals surface area contributed by atoms with Crippen molar-refractivity contribution in [3.05, 3.63) is 12.2 Å². The average Bonchev–Trinajstić information content (AvgIpc) is 3.40. The third kappa shape index (κ3) is 62.0. The van der Waals surface area contributed by atoms with Crippen LogP contribution in [0.3, 0.4) is 0 Å². The normalized spacial score (nSPS) is 12.6. The topological polar surface area (TPSA) is 69.6 Å². The molecule has 0 spiro atoms. The summed E-state index contributed by atoms with van der Waals surface area (Å²) in [5.74, 6) is -0.0529. The minimum absolute atomic E-state index is 0.0529. The van der Waals surface area contributed by atoms with Crippen LogP contribution in [-0.2, 0) is 4.79 Å². The Balaban J connectivity index is 3.39. The quantitative estimate of drug-likeness (QED) is 0.0420. The smallest absolute Gasteiger partial charge is 0.220 e. The van der Waals surface area contributed by atoms with Gasteiger partial charge >= 0.3 is 0 Å². The first kappa shape index (κ1) is 73.1. The second kappa shape index (κ2) is 66.4. The van der Waals surface area contributed by atoms with E-state index in [1.54, 1.807) is 6.08 Å². The van der Waals surface area contributed by atoms with Crippen molar-refractivity contribution in [3.63, 3.8) is 0 Å². The zero-order valence-electron chi connectivity index (χ0n) is 51.2. The maximum Gasteiger partial charge on any atom is 0.220 e. The van der Waals surface area contributed by atoms with Gasteiger partial charge in [-0.1, -0.05) is 398 Å². The molecule has 0 aliphatic heterocycles. The van der Waals surface area contributed by atoms with E-state index in [0.29, 0.717) is 6.42 Å². The molecule has 0 saturated carbocycles. The lowest BCUT2D eigenvalue weighted by atomic mass is 10.0. The Hall–Kier alpha value is -0.870. The fraction of sp³-hybridized carbons (Fsp3) is 0.957. The fourth-order valence-corrected chi connectivity index (χ4v) is 11.5. The number of hydrogen-bond donors (Lipinski definition) is 3. The van der Waals surface area contributed by atoms with Gasteiger partial charge in [-0.15, -0.1) is 0 Å². The number of amides is 1. The third-order valence-electron chi connectivity index (χ3n) is 16.8. The van der Waals surface area contributed by atoms with Crippen molar-refractivity contribution in [2.24, 2.45) is 0 Å². The molecule has 0 fully saturated rings. The predicted molar refractivity (Wildman–Crippen MR) is 332 cm³/mol. The van der Waals surface area contributed by atoms with Crippen molar-refractivity contribution in [1.29, 1.82) is 0 Å².